The second-order valence-electron chi connectivity index (χ2n) is 5.16. The second-order valence-corrected chi connectivity index (χ2v) is 5.16. The summed E-state index contributed by atoms with van der Waals surface area (Å²) in [5.41, 5.74) is 0. The van der Waals surface area contributed by atoms with Gasteiger partial charge in [-0.3, -0.25) is 4.79 Å². The Kier molecular flexibility index (Phi) is 3.86. The molecular formula is C12H20N2O3. The van der Waals surface area contributed by atoms with Gasteiger partial charge in [0.2, 0.25) is 0 Å². The normalized spacial score (nSPS) is 23.8. The van der Waals surface area contributed by atoms with Gasteiger partial charge in [0.25, 0.3) is 0 Å². The summed E-state index contributed by atoms with van der Waals surface area (Å²) >= 11 is 0. The summed E-state index contributed by atoms with van der Waals surface area (Å²) in [5.74, 6) is 0.182. The monoisotopic (exact) mass is 240 g/mol. The van der Waals surface area contributed by atoms with E-state index >= 15 is 0 Å². The van der Waals surface area contributed by atoms with E-state index in [9.17, 15) is 9.59 Å². The van der Waals surface area contributed by atoms with E-state index in [-0.39, 0.29) is 18.4 Å². The second kappa shape index (κ2) is 5.38. The first-order valence-electron chi connectivity index (χ1n) is 6.39. The Morgan fingerprint density at radius 1 is 1.24 bits per heavy atom. The molecule has 0 aromatic heterocycles. The van der Waals surface area contributed by atoms with Crippen molar-refractivity contribution in [3.05, 3.63) is 0 Å². The molecule has 2 fully saturated rings. The van der Waals surface area contributed by atoms with Gasteiger partial charge in [0.05, 0.1) is 0 Å². The number of aliphatic carboxylic acids is 1. The summed E-state index contributed by atoms with van der Waals surface area (Å²) in [6, 6.07) is -0.0291. The number of amides is 2. The molecule has 1 saturated heterocycles. The van der Waals surface area contributed by atoms with Crippen LogP contribution in [-0.2, 0) is 4.79 Å². The van der Waals surface area contributed by atoms with Crippen molar-refractivity contribution in [3.63, 3.8) is 0 Å². The minimum Gasteiger partial charge on any atom is -0.481 e. The topological polar surface area (TPSA) is 69.6 Å². The lowest BCUT2D eigenvalue weighted by atomic mass is 10.1. The van der Waals surface area contributed by atoms with Gasteiger partial charge in [-0.2, -0.15) is 0 Å². The third kappa shape index (κ3) is 3.91. The first-order valence-corrected chi connectivity index (χ1v) is 6.39. The summed E-state index contributed by atoms with van der Waals surface area (Å²) in [5, 5.41) is 11.6. The van der Waals surface area contributed by atoms with Crippen molar-refractivity contribution in [2.24, 2.45) is 11.8 Å². The molecule has 0 aromatic rings. The summed E-state index contributed by atoms with van der Waals surface area (Å²) in [7, 11) is 0. The number of hydrogen-bond donors (Lipinski definition) is 2. The third-order valence-electron chi connectivity index (χ3n) is 3.56. The molecule has 1 unspecified atom stereocenters. The van der Waals surface area contributed by atoms with Crippen LogP contribution < -0.4 is 5.32 Å². The van der Waals surface area contributed by atoms with E-state index in [1.807, 2.05) is 0 Å². The van der Waals surface area contributed by atoms with Crippen LogP contribution >= 0.6 is 0 Å². The largest absolute Gasteiger partial charge is 0.481 e. The first-order chi connectivity index (χ1) is 8.15. The summed E-state index contributed by atoms with van der Waals surface area (Å²) in [4.78, 5) is 24.0. The number of urea groups is 1. The van der Waals surface area contributed by atoms with Gasteiger partial charge < -0.3 is 15.3 Å². The smallest absolute Gasteiger partial charge is 0.317 e. The standard InChI is InChI=1S/C12H20N2O3/c15-11(16)7-10-4-6-14(8-10)12(17)13-5-3-9-1-2-9/h9-10H,1-8H2,(H,13,17)(H,15,16). The van der Waals surface area contributed by atoms with Crippen LogP contribution in [0.15, 0.2) is 0 Å². The molecule has 5 nitrogen and oxygen atoms in total. The highest BCUT2D eigenvalue weighted by molar-refractivity contribution is 5.74. The van der Waals surface area contributed by atoms with E-state index < -0.39 is 5.97 Å². The highest BCUT2D eigenvalue weighted by atomic mass is 16.4. The fourth-order valence-corrected chi connectivity index (χ4v) is 2.33. The van der Waals surface area contributed by atoms with Gasteiger partial charge in [0.1, 0.15) is 0 Å². The average Bonchev–Trinajstić information content (AvgIpc) is 2.96. The van der Waals surface area contributed by atoms with Crippen molar-refractivity contribution >= 4 is 12.0 Å². The van der Waals surface area contributed by atoms with Gasteiger partial charge in [0.15, 0.2) is 0 Å². The molecule has 2 amide bonds. The van der Waals surface area contributed by atoms with Crippen LogP contribution in [0.25, 0.3) is 0 Å². The van der Waals surface area contributed by atoms with Gasteiger partial charge in [0, 0.05) is 26.1 Å². The van der Waals surface area contributed by atoms with E-state index in [4.69, 9.17) is 5.11 Å². The molecule has 1 saturated carbocycles. The molecule has 0 bridgehead atoms. The van der Waals surface area contributed by atoms with Gasteiger partial charge in [-0.25, -0.2) is 4.79 Å². The lowest BCUT2D eigenvalue weighted by Crippen LogP contribution is -2.39. The first kappa shape index (κ1) is 12.2. The fraction of sp³-hybridized carbons (Fsp3) is 0.833. The Balaban J connectivity index is 1.64. The lowest BCUT2D eigenvalue weighted by molar-refractivity contribution is -0.138. The molecule has 1 atom stereocenters. The Hall–Kier alpha value is -1.26. The van der Waals surface area contributed by atoms with E-state index in [1.54, 1.807) is 4.90 Å². The molecule has 0 spiro atoms. The molecule has 5 heteroatoms. The molecular weight excluding hydrogens is 220 g/mol. The van der Waals surface area contributed by atoms with Gasteiger partial charge >= 0.3 is 12.0 Å². The molecule has 17 heavy (non-hydrogen) atoms. The zero-order valence-corrected chi connectivity index (χ0v) is 10.0. The number of rotatable bonds is 5. The fourth-order valence-electron chi connectivity index (χ4n) is 2.33. The van der Waals surface area contributed by atoms with Crippen LogP contribution in [0, 0.1) is 11.8 Å². The highest BCUT2D eigenvalue weighted by Crippen LogP contribution is 2.31. The maximum Gasteiger partial charge on any atom is 0.317 e. The van der Waals surface area contributed by atoms with E-state index in [0.717, 1.165) is 25.3 Å². The minimum atomic E-state index is -0.772. The molecule has 0 aromatic carbocycles. The molecule has 2 rings (SSSR count). The van der Waals surface area contributed by atoms with E-state index in [0.29, 0.717) is 13.1 Å². The maximum absolute atomic E-state index is 11.7. The number of nitrogens with one attached hydrogen (secondary N) is 1. The number of carbonyl (C=O) groups is 2. The predicted molar refractivity (Wildman–Crippen MR) is 62.7 cm³/mol. The van der Waals surface area contributed by atoms with Gasteiger partial charge in [-0.05, 0) is 24.7 Å². The van der Waals surface area contributed by atoms with Crippen molar-refractivity contribution < 1.29 is 14.7 Å². The Morgan fingerprint density at radius 3 is 2.65 bits per heavy atom. The average molecular weight is 240 g/mol. The van der Waals surface area contributed by atoms with Crippen molar-refractivity contribution in [3.8, 4) is 0 Å². The molecule has 2 aliphatic rings. The van der Waals surface area contributed by atoms with E-state index in [1.165, 1.54) is 12.8 Å². The summed E-state index contributed by atoms with van der Waals surface area (Å²) < 4.78 is 0. The molecule has 0 radical (unpaired) electrons. The Morgan fingerprint density at radius 2 is 2.00 bits per heavy atom. The van der Waals surface area contributed by atoms with Crippen molar-refractivity contribution in [2.45, 2.75) is 32.1 Å². The number of carbonyl (C=O) groups excluding carboxylic acids is 1. The molecule has 1 aliphatic heterocycles. The van der Waals surface area contributed by atoms with Gasteiger partial charge in [-0.15, -0.1) is 0 Å². The predicted octanol–water partition coefficient (Wildman–Crippen LogP) is 1.29. The number of likely N-dealkylation sites (tertiary alicyclic amines) is 1. The Labute approximate surface area is 101 Å². The van der Waals surface area contributed by atoms with Crippen molar-refractivity contribution in [1.82, 2.24) is 10.2 Å². The zero-order valence-electron chi connectivity index (χ0n) is 10.0. The minimum absolute atomic E-state index is 0.0291. The molecule has 1 aliphatic carbocycles. The molecule has 1 heterocycles. The van der Waals surface area contributed by atoms with Crippen molar-refractivity contribution in [1.29, 1.82) is 0 Å². The van der Waals surface area contributed by atoms with Crippen LogP contribution in [0.5, 0.6) is 0 Å². The lowest BCUT2D eigenvalue weighted by Gasteiger charge is -2.17. The number of hydrogen-bond acceptors (Lipinski definition) is 2. The number of carboxylic acid groups (broad SMARTS) is 1. The third-order valence-corrected chi connectivity index (χ3v) is 3.56. The van der Waals surface area contributed by atoms with E-state index in [2.05, 4.69) is 5.32 Å². The van der Waals surface area contributed by atoms with Crippen LogP contribution in [-0.4, -0.2) is 41.6 Å². The van der Waals surface area contributed by atoms with Gasteiger partial charge in [-0.1, -0.05) is 12.8 Å². The van der Waals surface area contributed by atoms with Crippen LogP contribution in [0.4, 0.5) is 4.79 Å². The maximum atomic E-state index is 11.7. The molecule has 96 valence electrons. The van der Waals surface area contributed by atoms with Crippen LogP contribution in [0.1, 0.15) is 32.1 Å². The quantitative estimate of drug-likeness (QED) is 0.760. The number of carboxylic acids is 1. The van der Waals surface area contributed by atoms with Crippen molar-refractivity contribution in [2.75, 3.05) is 19.6 Å². The summed E-state index contributed by atoms with van der Waals surface area (Å²) in [6.07, 6.45) is 4.67. The number of nitrogens with zero attached hydrogens (tertiary/aromatic N) is 1. The Bertz CT molecular complexity index is 302. The molecule has 2 N–H and O–H groups in total. The zero-order chi connectivity index (χ0) is 12.3. The van der Waals surface area contributed by atoms with Crippen LogP contribution in [0.3, 0.4) is 0 Å². The van der Waals surface area contributed by atoms with Crippen LogP contribution in [0.2, 0.25) is 0 Å². The highest BCUT2D eigenvalue weighted by Gasteiger charge is 2.28. The SMILES string of the molecule is O=C(O)CC1CCN(C(=O)NCCC2CC2)C1. The summed E-state index contributed by atoms with van der Waals surface area (Å²) in [6.45, 7) is 2.03.